The zero-order valence-electron chi connectivity index (χ0n) is 17.4. The Morgan fingerprint density at radius 2 is 1.81 bits per heavy atom. The Balaban J connectivity index is 1.40. The van der Waals surface area contributed by atoms with Gasteiger partial charge in [-0.3, -0.25) is 4.79 Å². The second-order valence-corrected chi connectivity index (χ2v) is 8.24. The maximum absolute atomic E-state index is 12.5. The van der Waals surface area contributed by atoms with Crippen LogP contribution in [0.1, 0.15) is 27.0 Å². The minimum Gasteiger partial charge on any atom is -0.507 e. The molecule has 160 valence electrons. The molecule has 0 aromatic heterocycles. The van der Waals surface area contributed by atoms with E-state index in [1.807, 2.05) is 67.6 Å². The normalized spacial score (nSPS) is 11.1. The molecule has 0 saturated heterocycles. The number of benzene rings is 4. The van der Waals surface area contributed by atoms with Crippen LogP contribution in [0, 0.1) is 6.92 Å². The number of halogens is 1. The van der Waals surface area contributed by atoms with Crippen molar-refractivity contribution in [2.24, 2.45) is 5.10 Å². The Morgan fingerprint density at radius 3 is 2.56 bits per heavy atom. The fourth-order valence-electron chi connectivity index (χ4n) is 3.31. The standard InChI is InChI=1S/C26H21BrN2O3/c1-17-5-4-6-19(11-17)16-32-25-10-9-18(12-23(25)27)15-28-29-26(31)22-13-20-7-2-3-8-21(20)14-24(22)30/h2-15,30H,16H2,1H3,(H,29,31). The van der Waals surface area contributed by atoms with Crippen LogP contribution >= 0.6 is 15.9 Å². The summed E-state index contributed by atoms with van der Waals surface area (Å²) in [6.07, 6.45) is 1.53. The summed E-state index contributed by atoms with van der Waals surface area (Å²) in [4.78, 5) is 12.5. The summed E-state index contributed by atoms with van der Waals surface area (Å²) < 4.78 is 6.68. The Hall–Kier alpha value is -3.64. The van der Waals surface area contributed by atoms with Gasteiger partial charge in [-0.05, 0) is 75.1 Å². The van der Waals surface area contributed by atoms with E-state index in [1.54, 1.807) is 12.1 Å². The lowest BCUT2D eigenvalue weighted by Crippen LogP contribution is -2.17. The minimum atomic E-state index is -0.485. The zero-order chi connectivity index (χ0) is 22.5. The molecular weight excluding hydrogens is 468 g/mol. The number of phenols is 1. The lowest BCUT2D eigenvalue weighted by molar-refractivity contribution is 0.0952. The molecule has 0 unspecified atom stereocenters. The van der Waals surface area contributed by atoms with Crippen LogP contribution in [0.25, 0.3) is 10.8 Å². The van der Waals surface area contributed by atoms with E-state index in [4.69, 9.17) is 4.74 Å². The minimum absolute atomic E-state index is 0.0887. The first-order valence-electron chi connectivity index (χ1n) is 10.0. The van der Waals surface area contributed by atoms with Crippen LogP contribution in [-0.2, 0) is 6.61 Å². The molecule has 0 radical (unpaired) electrons. The number of hydrogen-bond donors (Lipinski definition) is 2. The van der Waals surface area contributed by atoms with Gasteiger partial charge in [-0.2, -0.15) is 5.10 Å². The fourth-order valence-corrected chi connectivity index (χ4v) is 3.82. The predicted molar refractivity (Wildman–Crippen MR) is 130 cm³/mol. The molecule has 0 aliphatic carbocycles. The third kappa shape index (κ3) is 5.15. The number of fused-ring (bicyclic) bond motifs is 1. The highest BCUT2D eigenvalue weighted by atomic mass is 79.9. The van der Waals surface area contributed by atoms with Crippen molar-refractivity contribution >= 4 is 38.8 Å². The number of phenolic OH excluding ortho intramolecular Hbond substituents is 1. The molecule has 0 saturated carbocycles. The number of aromatic hydroxyl groups is 1. The summed E-state index contributed by atoms with van der Waals surface area (Å²) in [6.45, 7) is 2.52. The van der Waals surface area contributed by atoms with E-state index in [9.17, 15) is 9.90 Å². The van der Waals surface area contributed by atoms with E-state index in [-0.39, 0.29) is 11.3 Å². The van der Waals surface area contributed by atoms with Crippen molar-refractivity contribution in [3.8, 4) is 11.5 Å². The van der Waals surface area contributed by atoms with Crippen LogP contribution in [0.5, 0.6) is 11.5 Å². The van der Waals surface area contributed by atoms with E-state index in [1.165, 1.54) is 11.8 Å². The van der Waals surface area contributed by atoms with Gasteiger partial charge in [0, 0.05) is 0 Å². The number of hydrazone groups is 1. The molecule has 5 nitrogen and oxygen atoms in total. The van der Waals surface area contributed by atoms with Crippen LogP contribution in [0.2, 0.25) is 0 Å². The Morgan fingerprint density at radius 1 is 1.03 bits per heavy atom. The molecule has 4 aromatic carbocycles. The predicted octanol–water partition coefficient (Wildman–Crippen LogP) is 5.96. The van der Waals surface area contributed by atoms with Crippen LogP contribution in [0.4, 0.5) is 0 Å². The van der Waals surface area contributed by atoms with E-state index in [2.05, 4.69) is 32.5 Å². The van der Waals surface area contributed by atoms with Crippen LogP contribution < -0.4 is 10.2 Å². The van der Waals surface area contributed by atoms with Crippen LogP contribution in [-0.4, -0.2) is 17.2 Å². The molecule has 32 heavy (non-hydrogen) atoms. The van der Waals surface area contributed by atoms with Crippen molar-refractivity contribution in [2.75, 3.05) is 0 Å². The topological polar surface area (TPSA) is 70.9 Å². The number of ether oxygens (including phenoxy) is 1. The van der Waals surface area contributed by atoms with Crippen molar-refractivity contribution in [1.82, 2.24) is 5.43 Å². The van der Waals surface area contributed by atoms with E-state index in [0.29, 0.717) is 12.4 Å². The van der Waals surface area contributed by atoms with Gasteiger partial charge >= 0.3 is 0 Å². The van der Waals surface area contributed by atoms with Gasteiger partial charge in [0.15, 0.2) is 0 Å². The molecule has 0 bridgehead atoms. The smallest absolute Gasteiger partial charge is 0.275 e. The molecule has 0 spiro atoms. The average molecular weight is 489 g/mol. The Kier molecular flexibility index (Phi) is 6.52. The quantitative estimate of drug-likeness (QED) is 0.259. The van der Waals surface area contributed by atoms with Crippen LogP contribution in [0.15, 0.2) is 88.4 Å². The second kappa shape index (κ2) is 9.66. The summed E-state index contributed by atoms with van der Waals surface area (Å²) in [5.41, 5.74) is 5.70. The summed E-state index contributed by atoms with van der Waals surface area (Å²) in [7, 11) is 0. The zero-order valence-corrected chi connectivity index (χ0v) is 19.0. The largest absolute Gasteiger partial charge is 0.507 e. The first-order chi connectivity index (χ1) is 15.5. The number of nitrogens with one attached hydrogen (secondary N) is 1. The number of hydrogen-bond acceptors (Lipinski definition) is 4. The van der Waals surface area contributed by atoms with Crippen molar-refractivity contribution in [2.45, 2.75) is 13.5 Å². The van der Waals surface area contributed by atoms with Gasteiger partial charge in [0.1, 0.15) is 18.1 Å². The maximum atomic E-state index is 12.5. The van der Waals surface area contributed by atoms with Gasteiger partial charge in [0.25, 0.3) is 5.91 Å². The van der Waals surface area contributed by atoms with Crippen molar-refractivity contribution < 1.29 is 14.6 Å². The summed E-state index contributed by atoms with van der Waals surface area (Å²) >= 11 is 3.52. The first-order valence-corrected chi connectivity index (χ1v) is 10.8. The monoisotopic (exact) mass is 488 g/mol. The third-order valence-corrected chi connectivity index (χ3v) is 5.54. The Bertz CT molecular complexity index is 1320. The van der Waals surface area contributed by atoms with Gasteiger partial charge in [0.05, 0.1) is 16.3 Å². The van der Waals surface area contributed by atoms with Gasteiger partial charge in [-0.1, -0.05) is 54.1 Å². The highest BCUT2D eigenvalue weighted by Crippen LogP contribution is 2.27. The van der Waals surface area contributed by atoms with Gasteiger partial charge in [-0.25, -0.2) is 5.43 Å². The molecule has 4 rings (SSSR count). The molecule has 0 atom stereocenters. The molecule has 1 amide bonds. The lowest BCUT2D eigenvalue weighted by atomic mass is 10.1. The number of aryl methyl sites for hydroxylation is 1. The van der Waals surface area contributed by atoms with Gasteiger partial charge < -0.3 is 9.84 Å². The summed E-state index contributed by atoms with van der Waals surface area (Å²) in [5.74, 6) is 0.143. The molecule has 6 heteroatoms. The summed E-state index contributed by atoms with van der Waals surface area (Å²) in [5, 5.41) is 15.9. The average Bonchev–Trinajstić information content (AvgIpc) is 2.78. The van der Waals surface area contributed by atoms with Crippen molar-refractivity contribution in [1.29, 1.82) is 0 Å². The number of amides is 1. The number of nitrogens with zero attached hydrogens (tertiary/aromatic N) is 1. The molecule has 4 aromatic rings. The van der Waals surface area contributed by atoms with Crippen LogP contribution in [0.3, 0.4) is 0 Å². The van der Waals surface area contributed by atoms with Crippen molar-refractivity contribution in [3.63, 3.8) is 0 Å². The van der Waals surface area contributed by atoms with Crippen molar-refractivity contribution in [3.05, 3.63) is 106 Å². The second-order valence-electron chi connectivity index (χ2n) is 7.38. The maximum Gasteiger partial charge on any atom is 0.275 e. The van der Waals surface area contributed by atoms with Gasteiger partial charge in [0.2, 0.25) is 0 Å². The number of carbonyl (C=O) groups excluding carboxylic acids is 1. The summed E-state index contributed by atoms with van der Waals surface area (Å²) in [6, 6.07) is 24.5. The highest BCUT2D eigenvalue weighted by molar-refractivity contribution is 9.10. The SMILES string of the molecule is Cc1cccc(COc2ccc(C=NNC(=O)c3cc4ccccc4cc3O)cc2Br)c1. The molecule has 0 aliphatic heterocycles. The van der Waals surface area contributed by atoms with Gasteiger partial charge in [-0.15, -0.1) is 0 Å². The Labute approximate surface area is 194 Å². The van der Waals surface area contributed by atoms with E-state index in [0.717, 1.165) is 26.4 Å². The molecule has 2 N–H and O–H groups in total. The molecule has 0 fully saturated rings. The molecule has 0 heterocycles. The first kappa shape index (κ1) is 21.6. The molecule has 0 aliphatic rings. The number of rotatable bonds is 6. The van der Waals surface area contributed by atoms with E-state index >= 15 is 0 Å². The number of carbonyl (C=O) groups is 1. The van der Waals surface area contributed by atoms with E-state index < -0.39 is 5.91 Å². The lowest BCUT2D eigenvalue weighted by Gasteiger charge is -2.09. The third-order valence-electron chi connectivity index (χ3n) is 4.92. The fraction of sp³-hybridized carbons (Fsp3) is 0.0769. The molecular formula is C26H21BrN2O3. The highest BCUT2D eigenvalue weighted by Gasteiger charge is 2.11.